The quantitative estimate of drug-likeness (QED) is 0.628. The van der Waals surface area contributed by atoms with Gasteiger partial charge >= 0.3 is 0 Å². The van der Waals surface area contributed by atoms with Crippen LogP contribution in [0.1, 0.15) is 75.3 Å². The van der Waals surface area contributed by atoms with Crippen molar-refractivity contribution in [2.45, 2.75) is 69.9 Å². The first-order valence-electron chi connectivity index (χ1n) is 10.9. The molecular formula is C25H34N2O. The van der Waals surface area contributed by atoms with Gasteiger partial charge in [-0.15, -0.1) is 0 Å². The number of benzene rings is 2. The van der Waals surface area contributed by atoms with Gasteiger partial charge in [0.25, 0.3) is 0 Å². The van der Waals surface area contributed by atoms with Crippen LogP contribution in [0.5, 0.6) is 0 Å². The molecule has 3 rings (SSSR count). The third-order valence-electron chi connectivity index (χ3n) is 5.78. The summed E-state index contributed by atoms with van der Waals surface area (Å²) in [6.45, 7) is 3.05. The summed E-state index contributed by atoms with van der Waals surface area (Å²) in [6, 6.07) is 20.5. The van der Waals surface area contributed by atoms with E-state index in [-0.39, 0.29) is 5.92 Å². The molecule has 3 heteroatoms. The molecule has 3 nitrogen and oxygen atoms in total. The molecule has 0 aliphatic carbocycles. The van der Waals surface area contributed by atoms with E-state index in [9.17, 15) is 5.11 Å². The van der Waals surface area contributed by atoms with Crippen molar-refractivity contribution >= 4 is 5.84 Å². The second kappa shape index (κ2) is 10.4. The molecule has 2 atom stereocenters. The van der Waals surface area contributed by atoms with Crippen LogP contribution in [0.15, 0.2) is 65.7 Å². The normalized spacial score (nSPS) is 18.7. The standard InChI is InChI=1S/C25H34N2O/c1-2-21(22-14-8-6-9-15-22)20-25(28,23-16-10-7-11-17-23)27-24-18-12-4-3-5-13-19-26-24/h6-11,14-17,21,28H,2-5,12-13,18-20H2,1H3,(H,26,27). The molecule has 0 aromatic heterocycles. The highest BCUT2D eigenvalue weighted by Crippen LogP contribution is 2.34. The van der Waals surface area contributed by atoms with Gasteiger partial charge < -0.3 is 10.4 Å². The maximum Gasteiger partial charge on any atom is 0.163 e. The SMILES string of the molecule is CCC(CC(O)(NC1=NCCCCCCC1)c1ccccc1)c1ccccc1. The van der Waals surface area contributed by atoms with E-state index in [4.69, 9.17) is 4.99 Å². The van der Waals surface area contributed by atoms with Gasteiger partial charge in [0.05, 0.1) is 5.84 Å². The molecule has 0 fully saturated rings. The van der Waals surface area contributed by atoms with Crippen LogP contribution < -0.4 is 5.32 Å². The highest BCUT2D eigenvalue weighted by molar-refractivity contribution is 5.83. The molecule has 0 spiro atoms. The van der Waals surface area contributed by atoms with Crippen molar-refractivity contribution < 1.29 is 5.11 Å². The van der Waals surface area contributed by atoms with Gasteiger partial charge in [-0.05, 0) is 30.7 Å². The first-order valence-corrected chi connectivity index (χ1v) is 10.9. The summed E-state index contributed by atoms with van der Waals surface area (Å²) in [4.78, 5) is 4.81. The zero-order valence-electron chi connectivity index (χ0n) is 17.1. The van der Waals surface area contributed by atoms with Gasteiger partial charge in [0, 0.05) is 24.9 Å². The molecule has 0 saturated carbocycles. The largest absolute Gasteiger partial charge is 0.367 e. The number of amidine groups is 1. The molecule has 2 aromatic carbocycles. The molecule has 0 amide bonds. The van der Waals surface area contributed by atoms with E-state index in [0.29, 0.717) is 6.42 Å². The monoisotopic (exact) mass is 378 g/mol. The summed E-state index contributed by atoms with van der Waals surface area (Å²) >= 11 is 0. The van der Waals surface area contributed by atoms with Gasteiger partial charge in [-0.2, -0.15) is 0 Å². The Bertz CT molecular complexity index is 729. The summed E-state index contributed by atoms with van der Waals surface area (Å²) in [5.41, 5.74) is 1.06. The number of aliphatic hydroxyl groups is 1. The van der Waals surface area contributed by atoms with Crippen LogP contribution in [0.25, 0.3) is 0 Å². The van der Waals surface area contributed by atoms with Crippen molar-refractivity contribution in [1.82, 2.24) is 5.32 Å². The first-order chi connectivity index (χ1) is 13.7. The molecule has 2 unspecified atom stereocenters. The van der Waals surface area contributed by atoms with E-state index >= 15 is 0 Å². The smallest absolute Gasteiger partial charge is 0.163 e. The number of rotatable bonds is 6. The number of nitrogens with one attached hydrogen (secondary N) is 1. The molecule has 2 aromatic rings. The first kappa shape index (κ1) is 20.6. The topological polar surface area (TPSA) is 44.6 Å². The molecule has 1 aliphatic rings. The van der Waals surface area contributed by atoms with Crippen LogP contribution in [0.4, 0.5) is 0 Å². The number of aliphatic imine (C=N–C) groups is 1. The molecular weight excluding hydrogens is 344 g/mol. The van der Waals surface area contributed by atoms with E-state index in [2.05, 4.69) is 36.5 Å². The van der Waals surface area contributed by atoms with Gasteiger partial charge in [-0.1, -0.05) is 86.8 Å². The molecule has 150 valence electrons. The number of nitrogens with zero attached hydrogens (tertiary/aromatic N) is 1. The lowest BCUT2D eigenvalue weighted by molar-refractivity contribution is 0.00334. The predicted molar refractivity (Wildman–Crippen MR) is 118 cm³/mol. The Morgan fingerprint density at radius 3 is 2.29 bits per heavy atom. The molecule has 1 aliphatic heterocycles. The lowest BCUT2D eigenvalue weighted by atomic mass is 9.85. The van der Waals surface area contributed by atoms with Gasteiger partial charge in [-0.3, -0.25) is 4.99 Å². The van der Waals surface area contributed by atoms with Crippen molar-refractivity contribution in [2.24, 2.45) is 4.99 Å². The van der Waals surface area contributed by atoms with Crippen LogP contribution in [0, 0.1) is 0 Å². The van der Waals surface area contributed by atoms with Crippen LogP contribution in [0.2, 0.25) is 0 Å². The highest BCUT2D eigenvalue weighted by atomic mass is 16.3. The van der Waals surface area contributed by atoms with E-state index in [1.807, 2.05) is 36.4 Å². The predicted octanol–water partition coefficient (Wildman–Crippen LogP) is 5.76. The minimum atomic E-state index is -1.12. The van der Waals surface area contributed by atoms with Crippen LogP contribution in [0.3, 0.4) is 0 Å². The molecule has 0 saturated heterocycles. The molecule has 0 bridgehead atoms. The van der Waals surface area contributed by atoms with Crippen molar-refractivity contribution in [1.29, 1.82) is 0 Å². The fraction of sp³-hybridized carbons (Fsp3) is 0.480. The Hall–Kier alpha value is -2.13. The van der Waals surface area contributed by atoms with E-state index < -0.39 is 5.72 Å². The van der Waals surface area contributed by atoms with Gasteiger partial charge in [0.1, 0.15) is 0 Å². The van der Waals surface area contributed by atoms with Gasteiger partial charge in [-0.25, -0.2) is 0 Å². The Morgan fingerprint density at radius 1 is 0.929 bits per heavy atom. The Kier molecular flexibility index (Phi) is 7.67. The van der Waals surface area contributed by atoms with Gasteiger partial charge in [0.2, 0.25) is 0 Å². The number of hydrogen-bond donors (Lipinski definition) is 2. The second-order valence-electron chi connectivity index (χ2n) is 7.92. The van der Waals surface area contributed by atoms with E-state index in [1.165, 1.54) is 24.8 Å². The fourth-order valence-electron chi connectivity index (χ4n) is 4.10. The summed E-state index contributed by atoms with van der Waals surface area (Å²) in [7, 11) is 0. The van der Waals surface area contributed by atoms with Crippen molar-refractivity contribution in [3.05, 3.63) is 71.8 Å². The Labute approximate surface area is 169 Å². The van der Waals surface area contributed by atoms with E-state index in [1.54, 1.807) is 0 Å². The van der Waals surface area contributed by atoms with Crippen molar-refractivity contribution in [3.63, 3.8) is 0 Å². The third kappa shape index (κ3) is 5.68. The van der Waals surface area contributed by atoms with Crippen LogP contribution in [-0.4, -0.2) is 17.5 Å². The minimum absolute atomic E-state index is 0.274. The molecule has 0 radical (unpaired) electrons. The van der Waals surface area contributed by atoms with Crippen molar-refractivity contribution in [2.75, 3.05) is 6.54 Å². The second-order valence-corrected chi connectivity index (χ2v) is 7.92. The summed E-state index contributed by atoms with van der Waals surface area (Å²) in [5, 5.41) is 15.3. The molecule has 28 heavy (non-hydrogen) atoms. The Morgan fingerprint density at radius 2 is 1.57 bits per heavy atom. The van der Waals surface area contributed by atoms with Crippen LogP contribution >= 0.6 is 0 Å². The van der Waals surface area contributed by atoms with E-state index in [0.717, 1.165) is 43.6 Å². The van der Waals surface area contributed by atoms with Crippen LogP contribution in [-0.2, 0) is 5.72 Å². The summed E-state index contributed by atoms with van der Waals surface area (Å²) < 4.78 is 0. The summed E-state index contributed by atoms with van der Waals surface area (Å²) in [5.74, 6) is 1.23. The third-order valence-corrected chi connectivity index (χ3v) is 5.78. The molecule has 2 N–H and O–H groups in total. The average molecular weight is 379 g/mol. The molecule has 1 heterocycles. The number of hydrogen-bond acceptors (Lipinski definition) is 3. The lowest BCUT2D eigenvalue weighted by Crippen LogP contribution is -2.47. The zero-order chi connectivity index (χ0) is 19.7. The average Bonchev–Trinajstić information content (AvgIpc) is 2.87. The fourth-order valence-corrected chi connectivity index (χ4v) is 4.10. The lowest BCUT2D eigenvalue weighted by Gasteiger charge is -2.35. The maximum absolute atomic E-state index is 11.8. The zero-order valence-corrected chi connectivity index (χ0v) is 17.1. The minimum Gasteiger partial charge on any atom is -0.367 e. The highest BCUT2D eigenvalue weighted by Gasteiger charge is 2.33. The Balaban J connectivity index is 1.87. The summed E-state index contributed by atoms with van der Waals surface area (Å²) in [6.07, 6.45) is 8.57. The van der Waals surface area contributed by atoms with Crippen molar-refractivity contribution in [3.8, 4) is 0 Å². The maximum atomic E-state index is 11.8. The van der Waals surface area contributed by atoms with Gasteiger partial charge in [0.15, 0.2) is 5.72 Å².